The number of carbonyl (C=O) groups is 2. The highest BCUT2D eigenvalue weighted by molar-refractivity contribution is 6.31. The predicted octanol–water partition coefficient (Wildman–Crippen LogP) is 5.71. The number of hydrogen-bond donors (Lipinski definition) is 4. The third-order valence-electron chi connectivity index (χ3n) is 5.95. The largest absolute Gasteiger partial charge is 0.361 e. The van der Waals surface area contributed by atoms with E-state index in [9.17, 15) is 9.59 Å². The molecule has 0 saturated carbocycles. The van der Waals surface area contributed by atoms with Crippen molar-refractivity contribution in [2.75, 3.05) is 13.1 Å². The van der Waals surface area contributed by atoms with Crippen molar-refractivity contribution < 1.29 is 9.59 Å². The van der Waals surface area contributed by atoms with Crippen molar-refractivity contribution in [3.05, 3.63) is 94.2 Å². The SMILES string of the molecule is O=C(CNC(=O)c1ccc2[nH]cc(-c3ccc(Cl)cc3)c2c1)NCCc1c[nH]c2ccc(Cl)cc12. The summed E-state index contributed by atoms with van der Waals surface area (Å²) in [5.74, 6) is -0.558. The van der Waals surface area contributed by atoms with Crippen molar-refractivity contribution in [3.8, 4) is 11.1 Å². The Morgan fingerprint density at radius 1 is 0.771 bits per heavy atom. The van der Waals surface area contributed by atoms with E-state index in [2.05, 4.69) is 20.6 Å². The molecule has 0 fully saturated rings. The molecule has 0 aliphatic carbocycles. The van der Waals surface area contributed by atoms with E-state index >= 15 is 0 Å². The van der Waals surface area contributed by atoms with Crippen LogP contribution in [0, 0.1) is 0 Å². The van der Waals surface area contributed by atoms with Crippen LogP contribution in [0.4, 0.5) is 0 Å². The van der Waals surface area contributed by atoms with Crippen molar-refractivity contribution in [3.63, 3.8) is 0 Å². The van der Waals surface area contributed by atoms with E-state index in [1.165, 1.54) is 0 Å². The molecule has 0 saturated heterocycles. The molecule has 2 amide bonds. The van der Waals surface area contributed by atoms with Gasteiger partial charge in [0.2, 0.25) is 5.91 Å². The fraction of sp³-hybridized carbons (Fsp3) is 0.111. The van der Waals surface area contributed by atoms with Crippen LogP contribution in [0.1, 0.15) is 15.9 Å². The van der Waals surface area contributed by atoms with E-state index in [1.807, 2.05) is 67.0 Å². The van der Waals surface area contributed by atoms with Crippen molar-refractivity contribution in [2.45, 2.75) is 6.42 Å². The maximum absolute atomic E-state index is 12.7. The maximum Gasteiger partial charge on any atom is 0.251 e. The molecule has 0 aliphatic rings. The summed E-state index contributed by atoms with van der Waals surface area (Å²) in [5, 5.41) is 8.85. The summed E-state index contributed by atoms with van der Waals surface area (Å²) in [5.41, 5.74) is 5.45. The molecule has 2 aromatic heterocycles. The van der Waals surface area contributed by atoms with E-state index in [0.717, 1.165) is 38.5 Å². The highest BCUT2D eigenvalue weighted by Crippen LogP contribution is 2.30. The third kappa shape index (κ3) is 5.04. The standard InChI is InChI=1S/C27H22Cl2N4O2/c28-19-4-1-16(2-5-19)23-14-32-25-7-3-17(11-22(23)25)27(35)33-15-26(34)30-10-9-18-13-31-24-8-6-20(29)12-21(18)24/h1-8,11-14,31-32H,9-10,15H2,(H,30,34)(H,33,35). The maximum atomic E-state index is 12.7. The molecule has 6 nitrogen and oxygen atoms in total. The summed E-state index contributed by atoms with van der Waals surface area (Å²) in [6.07, 6.45) is 4.48. The Labute approximate surface area is 211 Å². The lowest BCUT2D eigenvalue weighted by Crippen LogP contribution is -2.37. The Bertz CT molecular complexity index is 1540. The Morgan fingerprint density at radius 2 is 1.49 bits per heavy atom. The highest BCUT2D eigenvalue weighted by Gasteiger charge is 2.12. The first-order valence-corrected chi connectivity index (χ1v) is 11.9. The monoisotopic (exact) mass is 504 g/mol. The topological polar surface area (TPSA) is 89.8 Å². The van der Waals surface area contributed by atoms with Gasteiger partial charge in [0, 0.05) is 61.9 Å². The normalized spacial score (nSPS) is 11.1. The first-order chi connectivity index (χ1) is 17.0. The van der Waals surface area contributed by atoms with Gasteiger partial charge in [0.05, 0.1) is 6.54 Å². The zero-order valence-corrected chi connectivity index (χ0v) is 20.1. The van der Waals surface area contributed by atoms with E-state index in [4.69, 9.17) is 23.2 Å². The predicted molar refractivity (Wildman–Crippen MR) is 141 cm³/mol. The number of halogens is 2. The third-order valence-corrected chi connectivity index (χ3v) is 6.44. The molecule has 0 unspecified atom stereocenters. The molecular formula is C27H22Cl2N4O2. The van der Waals surface area contributed by atoms with E-state index < -0.39 is 0 Å². The number of aromatic nitrogens is 2. The number of H-pyrrole nitrogens is 2. The van der Waals surface area contributed by atoms with Crippen LogP contribution in [0.5, 0.6) is 0 Å². The van der Waals surface area contributed by atoms with Crippen molar-refractivity contribution >= 4 is 56.8 Å². The van der Waals surface area contributed by atoms with Crippen molar-refractivity contribution in [1.29, 1.82) is 0 Å². The van der Waals surface area contributed by atoms with Gasteiger partial charge in [-0.05, 0) is 66.1 Å². The van der Waals surface area contributed by atoms with Gasteiger partial charge < -0.3 is 20.6 Å². The number of nitrogens with one attached hydrogen (secondary N) is 4. The van der Waals surface area contributed by atoms with Crippen LogP contribution in [0.15, 0.2) is 73.1 Å². The molecule has 0 atom stereocenters. The average molecular weight is 505 g/mol. The van der Waals surface area contributed by atoms with Gasteiger partial charge in [-0.15, -0.1) is 0 Å². The van der Waals surface area contributed by atoms with E-state index in [1.54, 1.807) is 6.07 Å². The summed E-state index contributed by atoms with van der Waals surface area (Å²) >= 11 is 12.1. The fourth-order valence-corrected chi connectivity index (χ4v) is 4.45. The number of amides is 2. The van der Waals surface area contributed by atoms with Gasteiger partial charge >= 0.3 is 0 Å². The van der Waals surface area contributed by atoms with Gasteiger partial charge in [-0.1, -0.05) is 35.3 Å². The van der Waals surface area contributed by atoms with Crippen LogP contribution in [-0.2, 0) is 11.2 Å². The van der Waals surface area contributed by atoms with E-state index in [0.29, 0.717) is 28.6 Å². The smallest absolute Gasteiger partial charge is 0.251 e. The molecule has 5 rings (SSSR count). The second-order valence-electron chi connectivity index (χ2n) is 8.26. The Morgan fingerprint density at radius 3 is 2.31 bits per heavy atom. The summed E-state index contributed by atoms with van der Waals surface area (Å²) in [6.45, 7) is 0.349. The average Bonchev–Trinajstić information content (AvgIpc) is 3.46. The molecule has 2 heterocycles. The second-order valence-corrected chi connectivity index (χ2v) is 9.13. The lowest BCUT2D eigenvalue weighted by molar-refractivity contribution is -0.120. The summed E-state index contributed by atoms with van der Waals surface area (Å²) in [6, 6.07) is 18.6. The van der Waals surface area contributed by atoms with E-state index in [-0.39, 0.29) is 18.4 Å². The first kappa shape index (κ1) is 23.0. The van der Waals surface area contributed by atoms with Crippen LogP contribution in [0.25, 0.3) is 32.9 Å². The molecule has 176 valence electrons. The van der Waals surface area contributed by atoms with Crippen LogP contribution in [0.2, 0.25) is 10.0 Å². The molecule has 0 radical (unpaired) electrons. The number of rotatable bonds is 7. The van der Waals surface area contributed by atoms with Crippen LogP contribution in [-0.4, -0.2) is 34.9 Å². The van der Waals surface area contributed by atoms with Gasteiger partial charge in [-0.25, -0.2) is 0 Å². The minimum Gasteiger partial charge on any atom is -0.361 e. The zero-order chi connectivity index (χ0) is 24.4. The molecule has 3 aromatic carbocycles. The van der Waals surface area contributed by atoms with Crippen LogP contribution in [0.3, 0.4) is 0 Å². The van der Waals surface area contributed by atoms with Crippen molar-refractivity contribution in [2.24, 2.45) is 0 Å². The molecule has 0 spiro atoms. The van der Waals surface area contributed by atoms with Gasteiger partial charge in [0.25, 0.3) is 5.91 Å². The number of aromatic amines is 2. The fourth-order valence-electron chi connectivity index (χ4n) is 4.15. The molecule has 0 aliphatic heterocycles. The first-order valence-electron chi connectivity index (χ1n) is 11.2. The summed E-state index contributed by atoms with van der Waals surface area (Å²) in [7, 11) is 0. The van der Waals surface area contributed by atoms with Gasteiger partial charge in [0.1, 0.15) is 0 Å². The minimum atomic E-state index is -0.309. The molecule has 8 heteroatoms. The van der Waals surface area contributed by atoms with Crippen molar-refractivity contribution in [1.82, 2.24) is 20.6 Å². The summed E-state index contributed by atoms with van der Waals surface area (Å²) in [4.78, 5) is 31.4. The Kier molecular flexibility index (Phi) is 6.49. The lowest BCUT2D eigenvalue weighted by atomic mass is 10.0. The molecule has 4 N–H and O–H groups in total. The number of fused-ring (bicyclic) bond motifs is 2. The van der Waals surface area contributed by atoms with Crippen LogP contribution < -0.4 is 10.6 Å². The summed E-state index contributed by atoms with van der Waals surface area (Å²) < 4.78 is 0. The highest BCUT2D eigenvalue weighted by atomic mass is 35.5. The molecular weight excluding hydrogens is 483 g/mol. The second kappa shape index (κ2) is 9.86. The minimum absolute atomic E-state index is 0.103. The zero-order valence-electron chi connectivity index (χ0n) is 18.6. The Hall–Kier alpha value is -3.74. The number of benzene rings is 3. The molecule has 5 aromatic rings. The Balaban J connectivity index is 1.18. The molecule has 0 bridgehead atoms. The van der Waals surface area contributed by atoms with Gasteiger partial charge in [-0.3, -0.25) is 9.59 Å². The quantitative estimate of drug-likeness (QED) is 0.228. The molecule has 35 heavy (non-hydrogen) atoms. The van der Waals surface area contributed by atoms with Gasteiger partial charge in [-0.2, -0.15) is 0 Å². The van der Waals surface area contributed by atoms with Crippen LogP contribution >= 0.6 is 23.2 Å². The lowest BCUT2D eigenvalue weighted by Gasteiger charge is -2.08. The number of carbonyl (C=O) groups excluding carboxylic acids is 2. The number of hydrogen-bond acceptors (Lipinski definition) is 2. The van der Waals surface area contributed by atoms with Gasteiger partial charge in [0.15, 0.2) is 0 Å².